The summed E-state index contributed by atoms with van der Waals surface area (Å²) in [6.07, 6.45) is 0. The molecule has 0 aliphatic carbocycles. The van der Waals surface area contributed by atoms with E-state index < -0.39 is 11.6 Å². The van der Waals surface area contributed by atoms with Crippen LogP contribution in [0, 0.1) is 5.82 Å². The number of nitrogen functional groups attached to an aromatic ring is 1. The van der Waals surface area contributed by atoms with Gasteiger partial charge in [-0.2, -0.15) is 0 Å². The lowest BCUT2D eigenvalue weighted by atomic mass is 10.1. The minimum Gasteiger partial charge on any atom is -0.408 e. The van der Waals surface area contributed by atoms with E-state index in [1.165, 1.54) is 16.7 Å². The Kier molecular flexibility index (Phi) is 2.59. The predicted molar refractivity (Wildman–Crippen MR) is 70.4 cm³/mol. The monoisotopic (exact) mass is 258 g/mol. The van der Waals surface area contributed by atoms with Crippen molar-refractivity contribution < 1.29 is 8.81 Å². The van der Waals surface area contributed by atoms with Gasteiger partial charge in [-0.15, -0.1) is 0 Å². The first kappa shape index (κ1) is 11.5. The summed E-state index contributed by atoms with van der Waals surface area (Å²) in [4.78, 5) is 11.8. The highest BCUT2D eigenvalue weighted by atomic mass is 19.1. The fourth-order valence-electron chi connectivity index (χ4n) is 2.06. The van der Waals surface area contributed by atoms with E-state index in [1.54, 1.807) is 30.3 Å². The van der Waals surface area contributed by atoms with Crippen molar-refractivity contribution in [2.45, 2.75) is 6.54 Å². The number of hydrogen-bond acceptors (Lipinski definition) is 3. The Morgan fingerprint density at radius 1 is 1.16 bits per heavy atom. The molecule has 0 spiro atoms. The Bertz CT molecular complexity index is 784. The molecule has 0 radical (unpaired) electrons. The van der Waals surface area contributed by atoms with Crippen LogP contribution in [0.15, 0.2) is 51.7 Å². The molecule has 0 bridgehead atoms. The highest BCUT2D eigenvalue weighted by molar-refractivity contribution is 5.72. The number of aromatic nitrogens is 1. The van der Waals surface area contributed by atoms with E-state index in [9.17, 15) is 9.18 Å². The first-order chi connectivity index (χ1) is 9.16. The molecule has 5 heteroatoms. The predicted octanol–water partition coefficient (Wildman–Crippen LogP) is 2.36. The second kappa shape index (κ2) is 4.28. The number of para-hydroxylation sites is 2. The molecule has 2 aromatic carbocycles. The second-order valence-electron chi connectivity index (χ2n) is 4.23. The molecule has 0 aliphatic heterocycles. The lowest BCUT2D eigenvalue weighted by Gasteiger charge is -2.07. The number of fused-ring (bicyclic) bond motifs is 1. The van der Waals surface area contributed by atoms with Crippen LogP contribution < -0.4 is 11.5 Å². The summed E-state index contributed by atoms with van der Waals surface area (Å²) in [7, 11) is 0. The van der Waals surface area contributed by atoms with Crippen molar-refractivity contribution in [2.24, 2.45) is 0 Å². The molecule has 0 atom stereocenters. The normalized spacial score (nSPS) is 11.0. The largest absolute Gasteiger partial charge is 0.420 e. The van der Waals surface area contributed by atoms with Gasteiger partial charge >= 0.3 is 5.76 Å². The van der Waals surface area contributed by atoms with Crippen LogP contribution in [0.5, 0.6) is 0 Å². The number of anilines is 1. The fraction of sp³-hybridized carbons (Fsp3) is 0.0714. The van der Waals surface area contributed by atoms with Gasteiger partial charge in [-0.05, 0) is 24.3 Å². The number of oxazole rings is 1. The molecule has 3 aromatic rings. The van der Waals surface area contributed by atoms with Crippen LogP contribution in [0.1, 0.15) is 5.56 Å². The molecule has 1 heterocycles. The molecule has 0 saturated carbocycles. The summed E-state index contributed by atoms with van der Waals surface area (Å²) >= 11 is 0. The van der Waals surface area contributed by atoms with E-state index in [4.69, 9.17) is 10.2 Å². The van der Waals surface area contributed by atoms with Crippen molar-refractivity contribution in [1.82, 2.24) is 4.57 Å². The van der Waals surface area contributed by atoms with E-state index in [0.717, 1.165) is 0 Å². The van der Waals surface area contributed by atoms with Gasteiger partial charge in [-0.1, -0.05) is 18.2 Å². The van der Waals surface area contributed by atoms with Gasteiger partial charge in [0.2, 0.25) is 0 Å². The van der Waals surface area contributed by atoms with Gasteiger partial charge in [0.15, 0.2) is 5.58 Å². The number of nitrogens with two attached hydrogens (primary N) is 1. The molecule has 0 fully saturated rings. The Morgan fingerprint density at radius 2 is 1.95 bits per heavy atom. The van der Waals surface area contributed by atoms with Crippen LogP contribution in [0.2, 0.25) is 0 Å². The second-order valence-corrected chi connectivity index (χ2v) is 4.23. The molecule has 0 unspecified atom stereocenters. The van der Waals surface area contributed by atoms with E-state index in [-0.39, 0.29) is 12.1 Å². The molecule has 96 valence electrons. The molecule has 2 N–H and O–H groups in total. The average molecular weight is 258 g/mol. The minimum atomic E-state index is -0.524. The van der Waals surface area contributed by atoms with Crippen LogP contribution in [0.3, 0.4) is 0 Å². The number of hydrogen-bond donors (Lipinski definition) is 1. The van der Waals surface area contributed by atoms with Gasteiger partial charge in [-0.25, -0.2) is 9.18 Å². The molecule has 0 saturated heterocycles. The van der Waals surface area contributed by atoms with Crippen LogP contribution in [-0.4, -0.2) is 4.57 Å². The standard InChI is InChI=1S/C14H11FN2O2/c15-10-4-3-5-11(16)9(10)8-17-12-6-1-2-7-13(12)19-14(17)18/h1-7H,8,16H2. The molecule has 19 heavy (non-hydrogen) atoms. The van der Waals surface area contributed by atoms with Gasteiger partial charge in [0.1, 0.15) is 5.82 Å². The van der Waals surface area contributed by atoms with E-state index >= 15 is 0 Å². The highest BCUT2D eigenvalue weighted by Crippen LogP contribution is 2.19. The van der Waals surface area contributed by atoms with Crippen LogP contribution >= 0.6 is 0 Å². The molecule has 3 rings (SSSR count). The smallest absolute Gasteiger partial charge is 0.408 e. The molecular weight excluding hydrogens is 247 g/mol. The SMILES string of the molecule is Nc1cccc(F)c1Cn1c(=O)oc2ccccc21. The number of halogens is 1. The third-order valence-corrected chi connectivity index (χ3v) is 3.05. The Balaban J connectivity index is 2.16. The quantitative estimate of drug-likeness (QED) is 0.718. The molecule has 0 amide bonds. The third-order valence-electron chi connectivity index (χ3n) is 3.05. The highest BCUT2D eigenvalue weighted by Gasteiger charge is 2.13. The van der Waals surface area contributed by atoms with Gasteiger partial charge in [-0.3, -0.25) is 4.57 Å². The lowest BCUT2D eigenvalue weighted by Crippen LogP contribution is -2.16. The van der Waals surface area contributed by atoms with Gasteiger partial charge in [0, 0.05) is 11.3 Å². The molecule has 1 aromatic heterocycles. The summed E-state index contributed by atoms with van der Waals surface area (Å²) in [6, 6.07) is 11.5. The summed E-state index contributed by atoms with van der Waals surface area (Å²) in [6.45, 7) is 0.0500. The van der Waals surface area contributed by atoms with Gasteiger partial charge in [0.05, 0.1) is 12.1 Å². The molecular formula is C14H11FN2O2. The van der Waals surface area contributed by atoms with Crippen molar-refractivity contribution in [2.75, 3.05) is 5.73 Å². The number of rotatable bonds is 2. The summed E-state index contributed by atoms with van der Waals surface area (Å²) in [5, 5.41) is 0. The first-order valence-corrected chi connectivity index (χ1v) is 5.78. The minimum absolute atomic E-state index is 0.0500. The maximum Gasteiger partial charge on any atom is 0.420 e. The van der Waals surface area contributed by atoms with Crippen molar-refractivity contribution in [3.05, 3.63) is 64.4 Å². The van der Waals surface area contributed by atoms with Crippen LogP contribution in [0.4, 0.5) is 10.1 Å². The molecule has 4 nitrogen and oxygen atoms in total. The number of nitrogens with zero attached hydrogens (tertiary/aromatic N) is 1. The van der Waals surface area contributed by atoms with Crippen molar-refractivity contribution in [3.8, 4) is 0 Å². The summed E-state index contributed by atoms with van der Waals surface area (Å²) in [5.41, 5.74) is 7.45. The zero-order chi connectivity index (χ0) is 13.4. The first-order valence-electron chi connectivity index (χ1n) is 5.78. The van der Waals surface area contributed by atoms with Crippen molar-refractivity contribution in [3.63, 3.8) is 0 Å². The van der Waals surface area contributed by atoms with E-state index in [0.29, 0.717) is 16.8 Å². The maximum atomic E-state index is 13.7. The average Bonchev–Trinajstić information content (AvgIpc) is 2.70. The van der Waals surface area contributed by atoms with Crippen LogP contribution in [-0.2, 0) is 6.54 Å². The maximum absolute atomic E-state index is 13.7. The summed E-state index contributed by atoms with van der Waals surface area (Å²) in [5.74, 6) is -0.957. The van der Waals surface area contributed by atoms with Crippen molar-refractivity contribution in [1.29, 1.82) is 0 Å². The topological polar surface area (TPSA) is 61.2 Å². The Labute approximate surface area is 107 Å². The summed E-state index contributed by atoms with van der Waals surface area (Å²) < 4.78 is 20.2. The zero-order valence-corrected chi connectivity index (χ0v) is 9.97. The van der Waals surface area contributed by atoms with Gasteiger partial charge in [0.25, 0.3) is 0 Å². The van der Waals surface area contributed by atoms with Crippen molar-refractivity contribution >= 4 is 16.8 Å². The van der Waals surface area contributed by atoms with Crippen LogP contribution in [0.25, 0.3) is 11.1 Å². The lowest BCUT2D eigenvalue weighted by molar-refractivity contribution is 0.512. The van der Waals surface area contributed by atoms with E-state index in [2.05, 4.69) is 0 Å². The molecule has 0 aliphatic rings. The zero-order valence-electron chi connectivity index (χ0n) is 9.97. The number of benzene rings is 2. The Hall–Kier alpha value is -2.56. The third kappa shape index (κ3) is 1.89. The van der Waals surface area contributed by atoms with E-state index in [1.807, 2.05) is 0 Å². The fourth-order valence-corrected chi connectivity index (χ4v) is 2.06. The Morgan fingerprint density at radius 3 is 2.74 bits per heavy atom. The van der Waals surface area contributed by atoms with Gasteiger partial charge < -0.3 is 10.2 Å².